The fraction of sp³-hybridized carbons (Fsp3) is 0.600. The van der Waals surface area contributed by atoms with Gasteiger partial charge in [-0.3, -0.25) is 14.7 Å². The number of morpholine rings is 2. The van der Waals surface area contributed by atoms with Gasteiger partial charge >= 0.3 is 0 Å². The highest BCUT2D eigenvalue weighted by molar-refractivity contribution is 5.78. The van der Waals surface area contributed by atoms with Gasteiger partial charge in [-0.25, -0.2) is 0 Å². The molecular weight excluding hydrogens is 270 g/mol. The zero-order valence-corrected chi connectivity index (χ0v) is 12.1. The second-order valence-electron chi connectivity index (χ2n) is 5.37. The summed E-state index contributed by atoms with van der Waals surface area (Å²) in [6.07, 6.45) is 3.47. The number of carbonyl (C=O) groups is 1. The van der Waals surface area contributed by atoms with Crippen LogP contribution in [0.25, 0.3) is 0 Å². The van der Waals surface area contributed by atoms with Crippen molar-refractivity contribution in [2.24, 2.45) is 0 Å². The third-order valence-corrected chi connectivity index (χ3v) is 3.96. The lowest BCUT2D eigenvalue weighted by Gasteiger charge is -2.35. The number of carbonyl (C=O) groups excluding carboxylic acids is 1. The topological polar surface area (TPSA) is 54.9 Å². The Bertz CT molecular complexity index is 462. The predicted octanol–water partition coefficient (Wildman–Crippen LogP) is 0.314. The molecule has 0 spiro atoms. The van der Waals surface area contributed by atoms with Crippen molar-refractivity contribution in [1.82, 2.24) is 14.8 Å². The normalized spacial score (nSPS) is 24.0. The molecule has 0 unspecified atom stereocenters. The third kappa shape index (κ3) is 3.78. The number of hydrogen-bond acceptors (Lipinski definition) is 5. The van der Waals surface area contributed by atoms with E-state index in [-0.39, 0.29) is 12.0 Å². The van der Waals surface area contributed by atoms with E-state index in [1.54, 1.807) is 12.4 Å². The van der Waals surface area contributed by atoms with E-state index in [2.05, 4.69) is 9.88 Å². The van der Waals surface area contributed by atoms with Crippen LogP contribution < -0.4 is 0 Å². The molecule has 114 valence electrons. The molecule has 1 aromatic rings. The smallest absolute Gasteiger partial charge is 0.236 e. The maximum atomic E-state index is 12.4. The predicted molar refractivity (Wildman–Crippen MR) is 76.8 cm³/mol. The summed E-state index contributed by atoms with van der Waals surface area (Å²) in [6, 6.07) is 3.89. The second kappa shape index (κ2) is 6.98. The van der Waals surface area contributed by atoms with E-state index in [1.165, 1.54) is 0 Å². The lowest BCUT2D eigenvalue weighted by molar-refractivity contribution is -0.141. The van der Waals surface area contributed by atoms with Gasteiger partial charge in [-0.15, -0.1) is 0 Å². The van der Waals surface area contributed by atoms with Crippen molar-refractivity contribution in [3.8, 4) is 0 Å². The van der Waals surface area contributed by atoms with Crippen molar-refractivity contribution in [3.63, 3.8) is 0 Å². The average Bonchev–Trinajstić information content (AvgIpc) is 2.57. The van der Waals surface area contributed by atoms with Crippen LogP contribution in [-0.4, -0.2) is 73.2 Å². The summed E-state index contributed by atoms with van der Waals surface area (Å²) in [6.45, 7) is 5.46. The van der Waals surface area contributed by atoms with Gasteiger partial charge in [-0.2, -0.15) is 0 Å². The minimum atomic E-state index is -0.0459. The van der Waals surface area contributed by atoms with Crippen molar-refractivity contribution in [3.05, 3.63) is 30.1 Å². The van der Waals surface area contributed by atoms with Crippen molar-refractivity contribution in [2.45, 2.75) is 6.10 Å². The van der Waals surface area contributed by atoms with E-state index >= 15 is 0 Å². The molecule has 3 heterocycles. The Hall–Kier alpha value is -1.50. The quantitative estimate of drug-likeness (QED) is 0.802. The molecule has 2 aliphatic heterocycles. The van der Waals surface area contributed by atoms with Crippen LogP contribution in [0.5, 0.6) is 0 Å². The standard InChI is InChI=1S/C15H21N3O3/c19-15(12-17-5-8-20-9-6-17)18-7-10-21-14(11-18)13-1-3-16-4-2-13/h1-4,14H,5-12H2/t14-/m1/s1. The molecule has 3 rings (SSSR count). The minimum absolute atomic E-state index is 0.0459. The zero-order valence-electron chi connectivity index (χ0n) is 12.1. The van der Waals surface area contributed by atoms with Crippen LogP contribution in [-0.2, 0) is 14.3 Å². The molecule has 1 aromatic heterocycles. The summed E-state index contributed by atoms with van der Waals surface area (Å²) in [4.78, 5) is 20.5. The maximum absolute atomic E-state index is 12.4. The number of aromatic nitrogens is 1. The van der Waals surface area contributed by atoms with Crippen molar-refractivity contribution >= 4 is 5.91 Å². The summed E-state index contributed by atoms with van der Waals surface area (Å²) in [5, 5.41) is 0. The molecule has 0 aromatic carbocycles. The van der Waals surface area contributed by atoms with Gasteiger partial charge < -0.3 is 14.4 Å². The van der Waals surface area contributed by atoms with Gasteiger partial charge in [0.05, 0.1) is 32.9 Å². The van der Waals surface area contributed by atoms with Crippen molar-refractivity contribution in [1.29, 1.82) is 0 Å². The number of ether oxygens (including phenoxy) is 2. The highest BCUT2D eigenvalue weighted by Gasteiger charge is 2.26. The minimum Gasteiger partial charge on any atom is -0.379 e. The number of pyridine rings is 1. The summed E-state index contributed by atoms with van der Waals surface area (Å²) in [5.74, 6) is 0.180. The Morgan fingerprint density at radius 1 is 1.19 bits per heavy atom. The van der Waals surface area contributed by atoms with E-state index in [4.69, 9.17) is 9.47 Å². The molecule has 21 heavy (non-hydrogen) atoms. The summed E-state index contributed by atoms with van der Waals surface area (Å²) in [7, 11) is 0. The molecular formula is C15H21N3O3. The van der Waals surface area contributed by atoms with Crippen LogP contribution >= 0.6 is 0 Å². The molecule has 1 atom stereocenters. The van der Waals surface area contributed by atoms with Crippen molar-refractivity contribution in [2.75, 3.05) is 52.5 Å². The Balaban J connectivity index is 1.56. The molecule has 2 aliphatic rings. The highest BCUT2D eigenvalue weighted by Crippen LogP contribution is 2.21. The van der Waals surface area contributed by atoms with Gasteiger partial charge in [0.2, 0.25) is 5.91 Å². The van der Waals surface area contributed by atoms with E-state index in [0.29, 0.717) is 26.2 Å². The van der Waals surface area contributed by atoms with Crippen LogP contribution in [0.2, 0.25) is 0 Å². The van der Waals surface area contributed by atoms with Gasteiger partial charge in [-0.05, 0) is 17.7 Å². The molecule has 2 fully saturated rings. The second-order valence-corrected chi connectivity index (χ2v) is 5.37. The number of rotatable bonds is 3. The fourth-order valence-electron chi connectivity index (χ4n) is 2.71. The number of amides is 1. The Morgan fingerprint density at radius 2 is 1.95 bits per heavy atom. The van der Waals surface area contributed by atoms with E-state index < -0.39 is 0 Å². The van der Waals surface area contributed by atoms with Gasteiger partial charge in [0.25, 0.3) is 0 Å². The van der Waals surface area contributed by atoms with Gasteiger partial charge in [0, 0.05) is 32.0 Å². The van der Waals surface area contributed by atoms with E-state index in [1.807, 2.05) is 17.0 Å². The van der Waals surface area contributed by atoms with E-state index in [9.17, 15) is 4.79 Å². The van der Waals surface area contributed by atoms with Gasteiger partial charge in [0.15, 0.2) is 0 Å². The molecule has 2 saturated heterocycles. The highest BCUT2D eigenvalue weighted by atomic mass is 16.5. The van der Waals surface area contributed by atoms with Crippen LogP contribution in [0.4, 0.5) is 0 Å². The lowest BCUT2D eigenvalue weighted by atomic mass is 10.1. The van der Waals surface area contributed by atoms with Crippen molar-refractivity contribution < 1.29 is 14.3 Å². The summed E-state index contributed by atoms with van der Waals surface area (Å²) < 4.78 is 11.1. The molecule has 0 saturated carbocycles. The first-order chi connectivity index (χ1) is 10.3. The first-order valence-corrected chi connectivity index (χ1v) is 7.42. The van der Waals surface area contributed by atoms with Gasteiger partial charge in [-0.1, -0.05) is 0 Å². The summed E-state index contributed by atoms with van der Waals surface area (Å²) in [5.41, 5.74) is 1.08. The first kappa shape index (κ1) is 14.4. The Kier molecular flexibility index (Phi) is 4.80. The van der Waals surface area contributed by atoms with Crippen LogP contribution in [0, 0.1) is 0 Å². The third-order valence-electron chi connectivity index (χ3n) is 3.96. The number of hydrogen-bond donors (Lipinski definition) is 0. The fourth-order valence-corrected chi connectivity index (χ4v) is 2.71. The molecule has 0 N–H and O–H groups in total. The molecule has 0 aliphatic carbocycles. The molecule has 0 radical (unpaired) electrons. The Morgan fingerprint density at radius 3 is 2.71 bits per heavy atom. The SMILES string of the molecule is O=C(CN1CCOCC1)N1CCO[C@@H](c2ccncc2)C1. The molecule has 1 amide bonds. The van der Waals surface area contributed by atoms with E-state index in [0.717, 1.165) is 31.9 Å². The maximum Gasteiger partial charge on any atom is 0.236 e. The summed E-state index contributed by atoms with van der Waals surface area (Å²) >= 11 is 0. The monoisotopic (exact) mass is 291 g/mol. The zero-order chi connectivity index (χ0) is 14.5. The van der Waals surface area contributed by atoms with Gasteiger partial charge in [0.1, 0.15) is 6.10 Å². The van der Waals surface area contributed by atoms with Crippen LogP contribution in [0.1, 0.15) is 11.7 Å². The Labute approximate surface area is 124 Å². The molecule has 6 heteroatoms. The average molecular weight is 291 g/mol. The largest absolute Gasteiger partial charge is 0.379 e. The lowest BCUT2D eigenvalue weighted by Crippen LogP contribution is -2.48. The molecule has 6 nitrogen and oxygen atoms in total. The van der Waals surface area contributed by atoms with Crippen LogP contribution in [0.3, 0.4) is 0 Å². The van der Waals surface area contributed by atoms with Crippen LogP contribution in [0.15, 0.2) is 24.5 Å². The number of nitrogens with zero attached hydrogens (tertiary/aromatic N) is 3. The first-order valence-electron chi connectivity index (χ1n) is 7.42. The molecule has 0 bridgehead atoms.